The van der Waals surface area contributed by atoms with E-state index in [1.165, 1.54) is 44.9 Å². The number of halogens is 3. The van der Waals surface area contributed by atoms with Crippen LogP contribution in [0.5, 0.6) is 5.75 Å². The lowest BCUT2D eigenvalue weighted by molar-refractivity contribution is 0.121. The average Bonchev–Trinajstić information content (AvgIpc) is 2.90. The van der Waals surface area contributed by atoms with Gasteiger partial charge in [0.05, 0.1) is 6.61 Å². The first-order valence-electron chi connectivity index (χ1n) is 13.2. The van der Waals surface area contributed by atoms with Gasteiger partial charge < -0.3 is 4.74 Å². The summed E-state index contributed by atoms with van der Waals surface area (Å²) in [6.07, 6.45) is 11.0. The van der Waals surface area contributed by atoms with Crippen LogP contribution in [0, 0.1) is 6.92 Å². The number of alkyl halides is 2. The third-order valence-corrected chi connectivity index (χ3v) is 7.16. The Bertz CT molecular complexity index is 1090. The minimum atomic E-state index is -3.64. The Morgan fingerprint density at radius 2 is 1.30 bits per heavy atom. The van der Waals surface area contributed by atoms with Gasteiger partial charge in [-0.1, -0.05) is 106 Å². The van der Waals surface area contributed by atoms with Crippen LogP contribution in [0.3, 0.4) is 0 Å². The molecule has 0 atom stereocenters. The van der Waals surface area contributed by atoms with Gasteiger partial charge in [-0.25, -0.2) is 4.39 Å². The van der Waals surface area contributed by atoms with Crippen molar-refractivity contribution in [1.29, 1.82) is 0 Å². The highest BCUT2D eigenvalue weighted by Crippen LogP contribution is 2.42. The SMILES string of the molecule is CCCCCCCCCCOc1ccc(-c2ccc(/C=C(\F)C(F)(F)Sc3ccc(C)cc3)cc2)cc1. The summed E-state index contributed by atoms with van der Waals surface area (Å²) in [5.41, 5.74) is 3.25. The van der Waals surface area contributed by atoms with Gasteiger partial charge in [-0.05, 0) is 72.1 Å². The number of aryl methyl sites for hydroxylation is 1. The Kier molecular flexibility index (Phi) is 11.7. The number of benzene rings is 3. The van der Waals surface area contributed by atoms with Crippen LogP contribution in [0.2, 0.25) is 0 Å². The fraction of sp³-hybridized carbons (Fsp3) is 0.375. The molecule has 37 heavy (non-hydrogen) atoms. The minimum absolute atomic E-state index is 0.207. The molecule has 3 rings (SSSR count). The standard InChI is InChI=1S/C32H37F3OS/c1-3-4-5-6-7-8-9-10-23-36-29-19-17-28(18-20-29)27-15-13-26(14-16-27)24-31(33)32(34,35)37-30-21-11-25(2)12-22-30/h11-22,24H,3-10,23H2,1-2H3/b31-24-. The zero-order valence-corrected chi connectivity index (χ0v) is 22.6. The highest BCUT2D eigenvalue weighted by atomic mass is 32.2. The molecule has 0 aliphatic rings. The van der Waals surface area contributed by atoms with Gasteiger partial charge in [-0.2, -0.15) is 8.78 Å². The van der Waals surface area contributed by atoms with Gasteiger partial charge in [-0.15, -0.1) is 0 Å². The van der Waals surface area contributed by atoms with Gasteiger partial charge in [0.2, 0.25) is 0 Å². The second-order valence-electron chi connectivity index (χ2n) is 9.39. The number of thioether (sulfide) groups is 1. The largest absolute Gasteiger partial charge is 0.494 e. The molecule has 0 unspecified atom stereocenters. The average molecular weight is 527 g/mol. The van der Waals surface area contributed by atoms with Crippen LogP contribution in [0.1, 0.15) is 69.4 Å². The van der Waals surface area contributed by atoms with Crippen LogP contribution in [0.4, 0.5) is 13.2 Å². The van der Waals surface area contributed by atoms with Crippen LogP contribution in [0.25, 0.3) is 17.2 Å². The Balaban J connectivity index is 1.47. The molecule has 0 radical (unpaired) electrons. The molecule has 3 aromatic carbocycles. The van der Waals surface area contributed by atoms with E-state index in [1.54, 1.807) is 48.5 Å². The van der Waals surface area contributed by atoms with Crippen molar-refractivity contribution in [2.45, 2.75) is 75.4 Å². The van der Waals surface area contributed by atoms with Gasteiger partial charge >= 0.3 is 5.25 Å². The first-order valence-corrected chi connectivity index (χ1v) is 14.0. The molecule has 0 spiro atoms. The Morgan fingerprint density at radius 1 is 0.757 bits per heavy atom. The molecule has 0 fully saturated rings. The third-order valence-electron chi connectivity index (χ3n) is 6.20. The number of hydrogen-bond donors (Lipinski definition) is 0. The van der Waals surface area contributed by atoms with Crippen molar-refractivity contribution in [2.75, 3.05) is 6.61 Å². The Morgan fingerprint density at radius 3 is 1.89 bits per heavy atom. The topological polar surface area (TPSA) is 9.23 Å². The second kappa shape index (κ2) is 14.9. The monoisotopic (exact) mass is 526 g/mol. The van der Waals surface area contributed by atoms with E-state index in [-0.39, 0.29) is 11.8 Å². The van der Waals surface area contributed by atoms with Gasteiger partial charge in [0, 0.05) is 4.90 Å². The molecule has 0 aliphatic heterocycles. The zero-order valence-electron chi connectivity index (χ0n) is 21.8. The van der Waals surface area contributed by atoms with Crippen molar-refractivity contribution in [2.24, 2.45) is 0 Å². The summed E-state index contributed by atoms with van der Waals surface area (Å²) in [7, 11) is 0. The second-order valence-corrected chi connectivity index (χ2v) is 10.6. The maximum Gasteiger partial charge on any atom is 0.349 e. The van der Waals surface area contributed by atoms with E-state index in [9.17, 15) is 13.2 Å². The lowest BCUT2D eigenvalue weighted by Crippen LogP contribution is -2.10. The smallest absolute Gasteiger partial charge is 0.349 e. The molecule has 1 nitrogen and oxygen atoms in total. The number of unbranched alkanes of at least 4 members (excludes halogenated alkanes) is 7. The summed E-state index contributed by atoms with van der Waals surface area (Å²) < 4.78 is 49.0. The number of hydrogen-bond acceptors (Lipinski definition) is 2. The summed E-state index contributed by atoms with van der Waals surface area (Å²) in [5.74, 6) is -0.634. The summed E-state index contributed by atoms with van der Waals surface area (Å²) in [4.78, 5) is 0.319. The van der Waals surface area contributed by atoms with Crippen LogP contribution in [-0.4, -0.2) is 11.9 Å². The van der Waals surface area contributed by atoms with Crippen LogP contribution >= 0.6 is 11.8 Å². The van der Waals surface area contributed by atoms with Gasteiger partial charge in [0.1, 0.15) is 5.75 Å². The molecule has 198 valence electrons. The maximum absolute atomic E-state index is 14.4. The number of rotatable bonds is 15. The van der Waals surface area contributed by atoms with Crippen molar-refractivity contribution < 1.29 is 17.9 Å². The van der Waals surface area contributed by atoms with Crippen molar-refractivity contribution in [3.05, 3.63) is 89.8 Å². The van der Waals surface area contributed by atoms with Gasteiger partial charge in [0.25, 0.3) is 0 Å². The molecular weight excluding hydrogens is 489 g/mol. The van der Waals surface area contributed by atoms with Crippen molar-refractivity contribution in [1.82, 2.24) is 0 Å². The molecule has 5 heteroatoms. The normalized spacial score (nSPS) is 12.1. The molecule has 0 saturated carbocycles. The van der Waals surface area contributed by atoms with Crippen LogP contribution in [0.15, 0.2) is 83.5 Å². The Hall–Kier alpha value is -2.66. The predicted molar refractivity (Wildman–Crippen MR) is 151 cm³/mol. The van der Waals surface area contributed by atoms with Crippen molar-refractivity contribution in [3.8, 4) is 16.9 Å². The fourth-order valence-electron chi connectivity index (χ4n) is 3.97. The van der Waals surface area contributed by atoms with E-state index < -0.39 is 11.1 Å². The first-order chi connectivity index (χ1) is 17.9. The molecular formula is C32H37F3OS. The fourth-order valence-corrected chi connectivity index (χ4v) is 4.70. The molecule has 0 heterocycles. The summed E-state index contributed by atoms with van der Waals surface area (Å²) in [5, 5.41) is -3.64. The molecule has 0 N–H and O–H groups in total. The van der Waals surface area contributed by atoms with E-state index in [4.69, 9.17) is 4.74 Å². The van der Waals surface area contributed by atoms with Crippen LogP contribution in [-0.2, 0) is 0 Å². The summed E-state index contributed by atoms with van der Waals surface area (Å²) >= 11 is 0.207. The van der Waals surface area contributed by atoms with E-state index >= 15 is 0 Å². The first kappa shape index (κ1) is 28.9. The zero-order chi connectivity index (χ0) is 26.5. The lowest BCUT2D eigenvalue weighted by Gasteiger charge is -2.14. The molecule has 3 aromatic rings. The van der Waals surface area contributed by atoms with Gasteiger partial charge in [-0.3, -0.25) is 0 Å². The van der Waals surface area contributed by atoms with E-state index in [2.05, 4.69) is 6.92 Å². The lowest BCUT2D eigenvalue weighted by atomic mass is 10.0. The molecule has 0 bridgehead atoms. The highest BCUT2D eigenvalue weighted by molar-refractivity contribution is 8.00. The molecule has 0 aliphatic carbocycles. The highest BCUT2D eigenvalue weighted by Gasteiger charge is 2.36. The van der Waals surface area contributed by atoms with Crippen molar-refractivity contribution in [3.63, 3.8) is 0 Å². The molecule has 0 saturated heterocycles. The van der Waals surface area contributed by atoms with Crippen molar-refractivity contribution >= 4 is 17.8 Å². The summed E-state index contributed by atoms with van der Waals surface area (Å²) in [6, 6.07) is 21.3. The summed E-state index contributed by atoms with van der Waals surface area (Å²) in [6.45, 7) is 4.83. The van der Waals surface area contributed by atoms with E-state index in [0.717, 1.165) is 34.9 Å². The number of ether oxygens (including phenoxy) is 1. The Labute approximate surface area is 224 Å². The minimum Gasteiger partial charge on any atom is -0.494 e. The van der Waals surface area contributed by atoms with Gasteiger partial charge in [0.15, 0.2) is 5.83 Å². The molecule has 0 aromatic heterocycles. The predicted octanol–water partition coefficient (Wildman–Crippen LogP) is 10.9. The third kappa shape index (κ3) is 9.96. The van der Waals surface area contributed by atoms with E-state index in [0.29, 0.717) is 17.1 Å². The van der Waals surface area contributed by atoms with E-state index in [1.807, 2.05) is 31.2 Å². The maximum atomic E-state index is 14.4. The molecule has 0 amide bonds. The van der Waals surface area contributed by atoms with Crippen LogP contribution < -0.4 is 4.74 Å². The quantitative estimate of drug-likeness (QED) is 0.144.